The van der Waals surface area contributed by atoms with Crippen LogP contribution in [0.5, 0.6) is 0 Å². The molecule has 0 unspecified atom stereocenters. The summed E-state index contributed by atoms with van der Waals surface area (Å²) < 4.78 is 1.07. The van der Waals surface area contributed by atoms with Gasteiger partial charge in [0.05, 0.1) is 5.69 Å². The normalized spacial score (nSPS) is 10.8. The van der Waals surface area contributed by atoms with E-state index in [2.05, 4.69) is 142 Å². The Morgan fingerprint density at radius 2 is 1.03 bits per heavy atom. The lowest BCUT2D eigenvalue weighted by molar-refractivity contribution is 1.29. The number of hydrogen-bond donors (Lipinski definition) is 0. The fourth-order valence-corrected chi connectivity index (χ4v) is 4.21. The van der Waals surface area contributed by atoms with Crippen LogP contribution in [0.3, 0.4) is 0 Å². The molecule has 0 aliphatic rings. The molecule has 0 saturated heterocycles. The van der Waals surface area contributed by atoms with E-state index in [4.69, 9.17) is 0 Å². The van der Waals surface area contributed by atoms with Crippen LogP contribution >= 0.6 is 15.9 Å². The minimum absolute atomic E-state index is 1.07. The molecule has 0 aliphatic carbocycles. The first-order valence-electron chi connectivity index (χ1n) is 9.99. The molecule has 0 aromatic heterocycles. The second-order valence-corrected chi connectivity index (χ2v) is 8.11. The molecule has 30 heavy (non-hydrogen) atoms. The molecule has 0 saturated carbocycles. The zero-order valence-electron chi connectivity index (χ0n) is 16.4. The minimum Gasteiger partial charge on any atom is -0.310 e. The Morgan fingerprint density at radius 1 is 0.467 bits per heavy atom. The first kappa shape index (κ1) is 18.7. The predicted octanol–water partition coefficient (Wildman–Crippen LogP) is 8.74. The zero-order valence-corrected chi connectivity index (χ0v) is 18.0. The fourth-order valence-electron chi connectivity index (χ4n) is 3.94. The van der Waals surface area contributed by atoms with E-state index in [1.807, 2.05) is 0 Å². The molecular formula is C28H20BrN. The van der Waals surface area contributed by atoms with Crippen molar-refractivity contribution in [3.8, 4) is 11.1 Å². The third kappa shape index (κ3) is 3.51. The molecule has 144 valence electrons. The van der Waals surface area contributed by atoms with Gasteiger partial charge in [-0.3, -0.25) is 0 Å². The van der Waals surface area contributed by atoms with Gasteiger partial charge in [-0.25, -0.2) is 0 Å². The van der Waals surface area contributed by atoms with Crippen molar-refractivity contribution in [3.63, 3.8) is 0 Å². The lowest BCUT2D eigenvalue weighted by Crippen LogP contribution is -2.10. The van der Waals surface area contributed by atoms with E-state index in [0.717, 1.165) is 15.8 Å². The molecule has 0 N–H and O–H groups in total. The highest BCUT2D eigenvalue weighted by Crippen LogP contribution is 2.41. The van der Waals surface area contributed by atoms with E-state index in [-0.39, 0.29) is 0 Å². The van der Waals surface area contributed by atoms with Crippen molar-refractivity contribution in [3.05, 3.63) is 126 Å². The van der Waals surface area contributed by atoms with Crippen LogP contribution < -0.4 is 4.90 Å². The summed E-state index contributed by atoms with van der Waals surface area (Å²) in [5.74, 6) is 0. The van der Waals surface area contributed by atoms with Crippen molar-refractivity contribution < 1.29 is 0 Å². The Labute approximate surface area is 185 Å². The number of anilines is 3. The van der Waals surface area contributed by atoms with Gasteiger partial charge in [-0.15, -0.1) is 0 Å². The molecule has 0 aliphatic heterocycles. The second kappa shape index (κ2) is 8.17. The topological polar surface area (TPSA) is 3.24 Å². The number of hydrogen-bond acceptors (Lipinski definition) is 1. The third-order valence-electron chi connectivity index (χ3n) is 5.33. The number of fused-ring (bicyclic) bond motifs is 1. The van der Waals surface area contributed by atoms with Gasteiger partial charge in [-0.05, 0) is 59.0 Å². The Bertz CT molecular complexity index is 1280. The van der Waals surface area contributed by atoms with Crippen LogP contribution in [-0.4, -0.2) is 0 Å². The number of halogens is 1. The summed E-state index contributed by atoms with van der Waals surface area (Å²) in [4.78, 5) is 2.32. The molecule has 0 fully saturated rings. The molecular weight excluding hydrogens is 430 g/mol. The second-order valence-electron chi connectivity index (χ2n) is 7.19. The van der Waals surface area contributed by atoms with Gasteiger partial charge in [0, 0.05) is 21.2 Å². The highest BCUT2D eigenvalue weighted by atomic mass is 79.9. The quantitative estimate of drug-likeness (QED) is 0.265. The molecule has 2 heteroatoms. The SMILES string of the molecule is Brc1ccc(N(c2ccccc2)c2ccc(-c3ccccc3)c3ccccc23)cc1. The van der Waals surface area contributed by atoms with Crippen LogP contribution in [0.2, 0.25) is 0 Å². The smallest absolute Gasteiger partial charge is 0.0540 e. The Kier molecular flexibility index (Phi) is 5.08. The average molecular weight is 450 g/mol. The van der Waals surface area contributed by atoms with Crippen LogP contribution in [0.4, 0.5) is 17.1 Å². The highest BCUT2D eigenvalue weighted by molar-refractivity contribution is 9.10. The van der Waals surface area contributed by atoms with Crippen molar-refractivity contribution in [2.75, 3.05) is 4.90 Å². The maximum atomic E-state index is 3.56. The van der Waals surface area contributed by atoms with Crippen LogP contribution in [0.15, 0.2) is 126 Å². The summed E-state index contributed by atoms with van der Waals surface area (Å²) in [6.07, 6.45) is 0. The Balaban J connectivity index is 1.76. The van der Waals surface area contributed by atoms with Gasteiger partial charge >= 0.3 is 0 Å². The Morgan fingerprint density at radius 3 is 1.73 bits per heavy atom. The van der Waals surface area contributed by atoms with Crippen LogP contribution in [0.25, 0.3) is 21.9 Å². The van der Waals surface area contributed by atoms with Gasteiger partial charge in [0.25, 0.3) is 0 Å². The zero-order chi connectivity index (χ0) is 20.3. The van der Waals surface area contributed by atoms with E-state index in [1.54, 1.807) is 0 Å². The predicted molar refractivity (Wildman–Crippen MR) is 132 cm³/mol. The number of benzene rings is 5. The lowest BCUT2D eigenvalue weighted by Gasteiger charge is -2.27. The molecule has 0 radical (unpaired) electrons. The molecule has 0 bridgehead atoms. The average Bonchev–Trinajstić information content (AvgIpc) is 2.82. The molecule has 0 heterocycles. The number of para-hydroxylation sites is 1. The largest absolute Gasteiger partial charge is 0.310 e. The fraction of sp³-hybridized carbons (Fsp3) is 0. The number of rotatable bonds is 4. The molecule has 0 spiro atoms. The van der Waals surface area contributed by atoms with E-state index in [1.165, 1.54) is 27.6 Å². The summed E-state index contributed by atoms with van der Waals surface area (Å²) >= 11 is 3.56. The first-order chi connectivity index (χ1) is 14.8. The van der Waals surface area contributed by atoms with E-state index in [9.17, 15) is 0 Å². The third-order valence-corrected chi connectivity index (χ3v) is 5.85. The molecule has 0 atom stereocenters. The lowest BCUT2D eigenvalue weighted by atomic mass is 9.96. The van der Waals surface area contributed by atoms with Crippen molar-refractivity contribution in [2.45, 2.75) is 0 Å². The Hall–Kier alpha value is -3.36. The maximum absolute atomic E-state index is 3.56. The molecule has 5 rings (SSSR count). The molecule has 0 amide bonds. The summed E-state index contributed by atoms with van der Waals surface area (Å²) in [6.45, 7) is 0. The van der Waals surface area contributed by atoms with Gasteiger partial charge in [0.1, 0.15) is 0 Å². The van der Waals surface area contributed by atoms with Crippen molar-refractivity contribution >= 4 is 43.8 Å². The van der Waals surface area contributed by atoms with E-state index in [0.29, 0.717) is 0 Å². The minimum atomic E-state index is 1.07. The van der Waals surface area contributed by atoms with E-state index >= 15 is 0 Å². The maximum Gasteiger partial charge on any atom is 0.0540 e. The van der Waals surface area contributed by atoms with Crippen LogP contribution in [0.1, 0.15) is 0 Å². The number of nitrogens with zero attached hydrogens (tertiary/aromatic N) is 1. The van der Waals surface area contributed by atoms with Gasteiger partial charge in [0.2, 0.25) is 0 Å². The van der Waals surface area contributed by atoms with Gasteiger partial charge in [-0.2, -0.15) is 0 Å². The van der Waals surface area contributed by atoms with Gasteiger partial charge < -0.3 is 4.90 Å². The van der Waals surface area contributed by atoms with E-state index < -0.39 is 0 Å². The van der Waals surface area contributed by atoms with Gasteiger partial charge in [-0.1, -0.05) is 94.8 Å². The standard InChI is InChI=1S/C28H20BrN/c29-22-15-17-24(18-16-22)30(23-11-5-2-6-12-23)28-20-19-25(21-9-3-1-4-10-21)26-13-7-8-14-27(26)28/h1-20H. The van der Waals surface area contributed by atoms with Gasteiger partial charge in [0.15, 0.2) is 0 Å². The van der Waals surface area contributed by atoms with Crippen LogP contribution in [-0.2, 0) is 0 Å². The summed E-state index contributed by atoms with van der Waals surface area (Å²) in [6, 6.07) is 42.7. The summed E-state index contributed by atoms with van der Waals surface area (Å²) in [7, 11) is 0. The van der Waals surface area contributed by atoms with Crippen molar-refractivity contribution in [2.24, 2.45) is 0 Å². The van der Waals surface area contributed by atoms with Crippen LogP contribution in [0, 0.1) is 0 Å². The molecule has 5 aromatic rings. The highest BCUT2D eigenvalue weighted by Gasteiger charge is 2.16. The molecule has 5 aromatic carbocycles. The summed E-state index contributed by atoms with van der Waals surface area (Å²) in [5, 5.41) is 2.48. The summed E-state index contributed by atoms with van der Waals surface area (Å²) in [5.41, 5.74) is 5.91. The molecule has 1 nitrogen and oxygen atoms in total. The van der Waals surface area contributed by atoms with Crippen molar-refractivity contribution in [1.29, 1.82) is 0 Å². The first-order valence-corrected chi connectivity index (χ1v) is 10.8. The monoisotopic (exact) mass is 449 g/mol. The van der Waals surface area contributed by atoms with Crippen molar-refractivity contribution in [1.82, 2.24) is 0 Å².